The van der Waals surface area contributed by atoms with Gasteiger partial charge in [-0.1, -0.05) is 23.7 Å². The molecule has 2 aromatic carbocycles. The average Bonchev–Trinajstić information content (AvgIpc) is 2.59. The van der Waals surface area contributed by atoms with Crippen LogP contribution in [0.15, 0.2) is 42.5 Å². The Labute approximate surface area is 153 Å². The molecule has 0 fully saturated rings. The van der Waals surface area contributed by atoms with Crippen molar-refractivity contribution in [2.24, 2.45) is 0 Å². The Hall–Kier alpha value is -2.40. The maximum absolute atomic E-state index is 12.1. The number of urea groups is 1. The number of amides is 2. The predicted molar refractivity (Wildman–Crippen MR) is 104 cm³/mol. The molecule has 0 aliphatic carbocycles. The molecule has 2 rings (SSSR count). The molecule has 0 bridgehead atoms. The number of rotatable bonds is 7. The molecule has 134 valence electrons. The lowest BCUT2D eigenvalue weighted by Gasteiger charge is -2.23. The molecule has 0 atom stereocenters. The molecule has 0 heterocycles. The van der Waals surface area contributed by atoms with Crippen molar-refractivity contribution in [1.82, 2.24) is 5.32 Å². The second-order valence-electron chi connectivity index (χ2n) is 5.64. The molecular weight excluding hydrogens is 338 g/mol. The first kappa shape index (κ1) is 18.9. The first-order chi connectivity index (χ1) is 12.0. The first-order valence-corrected chi connectivity index (χ1v) is 8.61. The quantitative estimate of drug-likeness (QED) is 0.772. The van der Waals surface area contributed by atoms with Gasteiger partial charge in [0.2, 0.25) is 0 Å². The number of ether oxygens (including phenoxy) is 1. The van der Waals surface area contributed by atoms with Gasteiger partial charge in [-0.2, -0.15) is 0 Å². The van der Waals surface area contributed by atoms with Crippen LogP contribution in [-0.4, -0.2) is 32.8 Å². The molecule has 0 aromatic heterocycles. The summed E-state index contributed by atoms with van der Waals surface area (Å²) in [5.41, 5.74) is 2.91. The van der Waals surface area contributed by atoms with Gasteiger partial charge in [-0.15, -0.1) is 0 Å². The number of hydrogen-bond acceptors (Lipinski definition) is 3. The van der Waals surface area contributed by atoms with Gasteiger partial charge in [0.1, 0.15) is 5.75 Å². The van der Waals surface area contributed by atoms with Crippen molar-refractivity contribution in [2.45, 2.75) is 13.8 Å². The lowest BCUT2D eigenvalue weighted by Crippen LogP contribution is -2.37. The van der Waals surface area contributed by atoms with E-state index in [1.54, 1.807) is 25.3 Å². The van der Waals surface area contributed by atoms with E-state index in [0.717, 1.165) is 18.8 Å². The maximum atomic E-state index is 12.1. The minimum absolute atomic E-state index is 0.291. The summed E-state index contributed by atoms with van der Waals surface area (Å²) >= 11 is 5.97. The highest BCUT2D eigenvalue weighted by molar-refractivity contribution is 6.31. The van der Waals surface area contributed by atoms with Gasteiger partial charge in [0.05, 0.1) is 12.8 Å². The van der Waals surface area contributed by atoms with Gasteiger partial charge in [-0.25, -0.2) is 4.79 Å². The van der Waals surface area contributed by atoms with E-state index in [2.05, 4.69) is 47.6 Å². The van der Waals surface area contributed by atoms with E-state index in [-0.39, 0.29) is 6.03 Å². The van der Waals surface area contributed by atoms with Crippen LogP contribution in [0.3, 0.4) is 0 Å². The smallest absolute Gasteiger partial charge is 0.319 e. The number of aryl methyl sites for hydroxylation is 1. The maximum Gasteiger partial charge on any atom is 0.319 e. The number of methoxy groups -OCH3 is 1. The third-order valence-corrected chi connectivity index (χ3v) is 4.06. The summed E-state index contributed by atoms with van der Waals surface area (Å²) in [6, 6.07) is 13.1. The highest BCUT2D eigenvalue weighted by Gasteiger charge is 2.09. The molecule has 0 aliphatic rings. The zero-order valence-electron chi connectivity index (χ0n) is 14.8. The molecule has 25 heavy (non-hydrogen) atoms. The van der Waals surface area contributed by atoms with E-state index >= 15 is 0 Å². The van der Waals surface area contributed by atoms with E-state index in [0.29, 0.717) is 23.0 Å². The normalized spacial score (nSPS) is 10.2. The van der Waals surface area contributed by atoms with Gasteiger partial charge in [0.15, 0.2) is 0 Å². The number of anilines is 2. The van der Waals surface area contributed by atoms with E-state index < -0.39 is 0 Å². The minimum Gasteiger partial charge on any atom is -0.495 e. The number of likely N-dealkylation sites (N-methyl/N-ethyl adjacent to an activating group) is 1. The van der Waals surface area contributed by atoms with Crippen LogP contribution < -0.4 is 20.3 Å². The fraction of sp³-hybridized carbons (Fsp3) is 0.316. The summed E-state index contributed by atoms with van der Waals surface area (Å²) in [5.74, 6) is 0.564. The van der Waals surface area contributed by atoms with Crippen LogP contribution in [0.1, 0.15) is 12.5 Å². The number of carbonyl (C=O) groups is 1. The Kier molecular flexibility index (Phi) is 6.95. The van der Waals surface area contributed by atoms with Crippen LogP contribution in [0, 0.1) is 6.92 Å². The Morgan fingerprint density at radius 3 is 2.72 bits per heavy atom. The molecule has 2 aromatic rings. The van der Waals surface area contributed by atoms with Crippen LogP contribution in [-0.2, 0) is 0 Å². The Morgan fingerprint density at radius 2 is 2.04 bits per heavy atom. The van der Waals surface area contributed by atoms with Gasteiger partial charge >= 0.3 is 6.03 Å². The monoisotopic (exact) mass is 361 g/mol. The van der Waals surface area contributed by atoms with Crippen molar-refractivity contribution >= 4 is 29.0 Å². The second kappa shape index (κ2) is 9.18. The molecule has 0 spiro atoms. The van der Waals surface area contributed by atoms with Crippen LogP contribution in [0.4, 0.5) is 16.2 Å². The van der Waals surface area contributed by atoms with Crippen LogP contribution in [0.5, 0.6) is 5.75 Å². The van der Waals surface area contributed by atoms with Crippen molar-refractivity contribution in [2.75, 3.05) is 37.0 Å². The molecule has 0 radical (unpaired) electrons. The average molecular weight is 362 g/mol. The predicted octanol–water partition coefficient (Wildman–Crippen LogP) is 4.31. The summed E-state index contributed by atoms with van der Waals surface area (Å²) in [4.78, 5) is 14.3. The molecule has 0 unspecified atom stereocenters. The highest BCUT2D eigenvalue weighted by atomic mass is 35.5. The van der Waals surface area contributed by atoms with Crippen LogP contribution in [0.2, 0.25) is 5.02 Å². The highest BCUT2D eigenvalue weighted by Crippen LogP contribution is 2.27. The topological polar surface area (TPSA) is 53.6 Å². The third-order valence-electron chi connectivity index (χ3n) is 3.83. The van der Waals surface area contributed by atoms with E-state index in [1.165, 1.54) is 5.56 Å². The summed E-state index contributed by atoms with van der Waals surface area (Å²) in [5, 5.41) is 6.16. The van der Waals surface area contributed by atoms with Crippen molar-refractivity contribution < 1.29 is 9.53 Å². The minimum atomic E-state index is -0.291. The standard InChI is InChI=1S/C19H24ClN3O2/c1-4-23(16-7-5-6-14(2)12-16)11-10-21-19(24)22-17-13-15(20)8-9-18(17)25-3/h5-9,12-13H,4,10-11H2,1-3H3,(H2,21,22,24). The summed E-state index contributed by atoms with van der Waals surface area (Å²) < 4.78 is 5.22. The summed E-state index contributed by atoms with van der Waals surface area (Å²) in [7, 11) is 1.55. The molecule has 2 N–H and O–H groups in total. The van der Waals surface area contributed by atoms with E-state index in [4.69, 9.17) is 16.3 Å². The van der Waals surface area contributed by atoms with Gasteiger partial charge in [0.25, 0.3) is 0 Å². The Balaban J connectivity index is 1.88. The van der Waals surface area contributed by atoms with E-state index in [1.807, 2.05) is 6.07 Å². The molecule has 2 amide bonds. The molecular formula is C19H24ClN3O2. The summed E-state index contributed by atoms with van der Waals surface area (Å²) in [6.45, 7) is 6.28. The van der Waals surface area contributed by atoms with Gasteiger partial charge in [0, 0.05) is 30.3 Å². The SMILES string of the molecule is CCN(CCNC(=O)Nc1cc(Cl)ccc1OC)c1cccc(C)c1. The number of hydrogen-bond donors (Lipinski definition) is 2. The molecule has 5 nitrogen and oxygen atoms in total. The third kappa shape index (κ3) is 5.57. The molecule has 0 saturated heterocycles. The lowest BCUT2D eigenvalue weighted by molar-refractivity contribution is 0.252. The second-order valence-corrected chi connectivity index (χ2v) is 6.08. The zero-order valence-corrected chi connectivity index (χ0v) is 15.6. The summed E-state index contributed by atoms with van der Waals surface area (Å²) in [6.07, 6.45) is 0. The Morgan fingerprint density at radius 1 is 1.24 bits per heavy atom. The van der Waals surface area contributed by atoms with Crippen LogP contribution >= 0.6 is 11.6 Å². The molecule has 6 heteroatoms. The molecule has 0 saturated carbocycles. The zero-order chi connectivity index (χ0) is 18.2. The van der Waals surface area contributed by atoms with Crippen molar-refractivity contribution in [1.29, 1.82) is 0 Å². The van der Waals surface area contributed by atoms with E-state index in [9.17, 15) is 4.79 Å². The first-order valence-electron chi connectivity index (χ1n) is 8.23. The number of benzene rings is 2. The van der Waals surface area contributed by atoms with Gasteiger partial charge in [-0.05, 0) is 49.7 Å². The number of nitrogens with one attached hydrogen (secondary N) is 2. The number of carbonyl (C=O) groups excluding carboxylic acids is 1. The van der Waals surface area contributed by atoms with Crippen molar-refractivity contribution in [3.05, 3.63) is 53.1 Å². The number of nitrogens with zero attached hydrogens (tertiary/aromatic N) is 1. The number of halogens is 1. The van der Waals surface area contributed by atoms with Crippen molar-refractivity contribution in [3.8, 4) is 5.75 Å². The van der Waals surface area contributed by atoms with Gasteiger partial charge in [-0.3, -0.25) is 0 Å². The van der Waals surface area contributed by atoms with Crippen LogP contribution in [0.25, 0.3) is 0 Å². The fourth-order valence-electron chi connectivity index (χ4n) is 2.54. The lowest BCUT2D eigenvalue weighted by atomic mass is 10.2. The fourth-order valence-corrected chi connectivity index (χ4v) is 2.72. The Bertz CT molecular complexity index is 722. The largest absolute Gasteiger partial charge is 0.495 e. The molecule has 0 aliphatic heterocycles. The van der Waals surface area contributed by atoms with Gasteiger partial charge < -0.3 is 20.3 Å². The van der Waals surface area contributed by atoms with Crippen molar-refractivity contribution in [3.63, 3.8) is 0 Å².